The summed E-state index contributed by atoms with van der Waals surface area (Å²) in [5, 5.41) is 9.94. The van der Waals surface area contributed by atoms with Crippen molar-refractivity contribution in [3.63, 3.8) is 0 Å². The van der Waals surface area contributed by atoms with Crippen molar-refractivity contribution in [2.75, 3.05) is 6.61 Å². The second-order valence-corrected chi connectivity index (χ2v) is 7.71. The van der Waals surface area contributed by atoms with E-state index < -0.39 is 17.8 Å². The summed E-state index contributed by atoms with van der Waals surface area (Å²) in [5.41, 5.74) is 0. The lowest BCUT2D eigenvalue weighted by molar-refractivity contribution is -0.164. The Morgan fingerprint density at radius 1 is 0.917 bits per heavy atom. The molecule has 2 saturated carbocycles. The molecular formula is C20H34O4. The Hall–Kier alpha value is -1.06. The molecule has 0 saturated heterocycles. The second-order valence-electron chi connectivity index (χ2n) is 7.71. The summed E-state index contributed by atoms with van der Waals surface area (Å²) in [6.07, 6.45) is 12.5. The molecule has 0 bridgehead atoms. The first-order valence-electron chi connectivity index (χ1n) is 10.0. The Bertz CT molecular complexity index is 394. The van der Waals surface area contributed by atoms with Crippen LogP contribution < -0.4 is 0 Å². The van der Waals surface area contributed by atoms with Crippen molar-refractivity contribution >= 4 is 11.9 Å². The van der Waals surface area contributed by atoms with E-state index in [0.717, 1.165) is 64.2 Å². The number of ether oxygens (including phenoxy) is 1. The van der Waals surface area contributed by atoms with Gasteiger partial charge in [-0.05, 0) is 43.9 Å². The van der Waals surface area contributed by atoms with Crippen molar-refractivity contribution < 1.29 is 19.4 Å². The van der Waals surface area contributed by atoms with Crippen LogP contribution >= 0.6 is 0 Å². The molecule has 0 heterocycles. The predicted molar refractivity (Wildman–Crippen MR) is 93.6 cm³/mol. The van der Waals surface area contributed by atoms with Crippen LogP contribution in [-0.2, 0) is 14.3 Å². The molecule has 2 aliphatic rings. The average molecular weight is 338 g/mol. The molecule has 2 fully saturated rings. The highest BCUT2D eigenvalue weighted by molar-refractivity contribution is 5.81. The van der Waals surface area contributed by atoms with E-state index in [1.165, 1.54) is 12.8 Å². The first-order valence-corrected chi connectivity index (χ1v) is 10.0. The normalized spacial score (nSPS) is 22.7. The number of carboxylic acids is 1. The monoisotopic (exact) mass is 338 g/mol. The zero-order chi connectivity index (χ0) is 17.4. The molecule has 0 aliphatic heterocycles. The van der Waals surface area contributed by atoms with Crippen LogP contribution in [0, 0.1) is 23.7 Å². The van der Waals surface area contributed by atoms with E-state index in [9.17, 15) is 14.7 Å². The molecule has 138 valence electrons. The number of esters is 1. The Morgan fingerprint density at radius 2 is 1.42 bits per heavy atom. The quantitative estimate of drug-likeness (QED) is 0.509. The lowest BCUT2D eigenvalue weighted by Gasteiger charge is -2.37. The first-order chi connectivity index (χ1) is 11.6. The van der Waals surface area contributed by atoms with Crippen LogP contribution in [0.5, 0.6) is 0 Å². The highest BCUT2D eigenvalue weighted by Crippen LogP contribution is 2.42. The van der Waals surface area contributed by atoms with E-state index in [1.807, 2.05) is 0 Å². The summed E-state index contributed by atoms with van der Waals surface area (Å²) in [6.45, 7) is 2.49. The summed E-state index contributed by atoms with van der Waals surface area (Å²) in [6, 6.07) is 0. The lowest BCUT2D eigenvalue weighted by Crippen LogP contribution is -2.42. The summed E-state index contributed by atoms with van der Waals surface area (Å²) in [5.74, 6) is -1.69. The largest absolute Gasteiger partial charge is 0.481 e. The molecule has 24 heavy (non-hydrogen) atoms. The summed E-state index contributed by atoms with van der Waals surface area (Å²) >= 11 is 0. The Labute approximate surface area is 146 Å². The highest BCUT2D eigenvalue weighted by Gasteiger charge is 2.44. The van der Waals surface area contributed by atoms with E-state index in [4.69, 9.17) is 4.74 Å². The number of aliphatic carboxylic acids is 1. The maximum atomic E-state index is 12.8. The number of rotatable bonds is 8. The van der Waals surface area contributed by atoms with Crippen molar-refractivity contribution in [2.45, 2.75) is 84.0 Å². The predicted octanol–water partition coefficient (Wildman–Crippen LogP) is 4.81. The molecule has 0 radical (unpaired) electrons. The topological polar surface area (TPSA) is 63.6 Å². The number of carboxylic acid groups (broad SMARTS) is 1. The third-order valence-corrected chi connectivity index (χ3v) is 6.00. The third kappa shape index (κ3) is 5.22. The molecule has 4 heteroatoms. The molecule has 2 aliphatic carbocycles. The Morgan fingerprint density at radius 3 is 1.88 bits per heavy atom. The SMILES string of the molecule is CCCCOC(=O)[C@H](C1CCCCC1)[C@@H](C(=O)O)C1CCCCC1. The zero-order valence-electron chi connectivity index (χ0n) is 15.2. The third-order valence-electron chi connectivity index (χ3n) is 6.00. The molecule has 1 N–H and O–H groups in total. The van der Waals surface area contributed by atoms with E-state index in [2.05, 4.69) is 6.92 Å². The van der Waals surface area contributed by atoms with Gasteiger partial charge in [0.2, 0.25) is 0 Å². The van der Waals surface area contributed by atoms with Gasteiger partial charge in [-0.15, -0.1) is 0 Å². The van der Waals surface area contributed by atoms with Crippen molar-refractivity contribution in [1.82, 2.24) is 0 Å². The zero-order valence-corrected chi connectivity index (χ0v) is 15.2. The van der Waals surface area contributed by atoms with Gasteiger partial charge in [-0.25, -0.2) is 0 Å². The minimum Gasteiger partial charge on any atom is -0.481 e. The molecule has 0 spiro atoms. The fourth-order valence-electron chi connectivity index (χ4n) is 4.68. The fourth-order valence-corrected chi connectivity index (χ4v) is 4.68. The van der Waals surface area contributed by atoms with Crippen molar-refractivity contribution in [2.24, 2.45) is 23.7 Å². The molecule has 2 rings (SSSR count). The standard InChI is InChI=1S/C20H34O4/c1-2-3-14-24-20(23)18(16-12-8-5-9-13-16)17(19(21)22)15-10-6-4-7-11-15/h15-18H,2-14H2,1H3,(H,21,22)/t17-,18+/m0/s1. The van der Waals surface area contributed by atoms with Gasteiger partial charge in [-0.2, -0.15) is 0 Å². The number of hydrogen-bond donors (Lipinski definition) is 1. The Balaban J connectivity index is 2.16. The van der Waals surface area contributed by atoms with Crippen LogP contribution in [0.15, 0.2) is 0 Å². The van der Waals surface area contributed by atoms with Gasteiger partial charge < -0.3 is 9.84 Å². The summed E-state index contributed by atoms with van der Waals surface area (Å²) < 4.78 is 5.52. The molecule has 0 amide bonds. The van der Waals surface area contributed by atoms with Gasteiger partial charge in [-0.1, -0.05) is 51.9 Å². The van der Waals surface area contributed by atoms with Crippen molar-refractivity contribution in [3.05, 3.63) is 0 Å². The second kappa shape index (κ2) is 10.0. The van der Waals surface area contributed by atoms with E-state index in [-0.39, 0.29) is 17.8 Å². The van der Waals surface area contributed by atoms with Crippen LogP contribution in [-0.4, -0.2) is 23.7 Å². The smallest absolute Gasteiger partial charge is 0.310 e. The molecule has 0 unspecified atom stereocenters. The fraction of sp³-hybridized carbons (Fsp3) is 0.900. The van der Waals surface area contributed by atoms with Crippen molar-refractivity contribution in [3.8, 4) is 0 Å². The highest BCUT2D eigenvalue weighted by atomic mass is 16.5. The maximum absolute atomic E-state index is 12.8. The van der Waals surface area contributed by atoms with Crippen LogP contribution in [0.4, 0.5) is 0 Å². The Kier molecular flexibility index (Phi) is 8.07. The molecule has 0 aromatic heterocycles. The summed E-state index contributed by atoms with van der Waals surface area (Å²) in [4.78, 5) is 24.9. The van der Waals surface area contributed by atoms with Gasteiger partial charge in [0.1, 0.15) is 0 Å². The summed E-state index contributed by atoms with van der Waals surface area (Å²) in [7, 11) is 0. The van der Waals surface area contributed by atoms with Crippen molar-refractivity contribution in [1.29, 1.82) is 0 Å². The van der Waals surface area contributed by atoms with Gasteiger partial charge in [-0.3, -0.25) is 9.59 Å². The van der Waals surface area contributed by atoms with Gasteiger partial charge in [0.25, 0.3) is 0 Å². The van der Waals surface area contributed by atoms with E-state index >= 15 is 0 Å². The number of unbranched alkanes of at least 4 members (excludes halogenated alkanes) is 1. The van der Waals surface area contributed by atoms with Crippen LogP contribution in [0.3, 0.4) is 0 Å². The minimum atomic E-state index is -0.787. The van der Waals surface area contributed by atoms with Crippen LogP contribution in [0.25, 0.3) is 0 Å². The van der Waals surface area contributed by atoms with Gasteiger partial charge >= 0.3 is 11.9 Å². The van der Waals surface area contributed by atoms with E-state index in [1.54, 1.807) is 0 Å². The average Bonchev–Trinajstić information content (AvgIpc) is 2.60. The van der Waals surface area contributed by atoms with Gasteiger partial charge in [0.15, 0.2) is 0 Å². The number of carbonyl (C=O) groups is 2. The minimum absolute atomic E-state index is 0.141. The molecule has 2 atom stereocenters. The van der Waals surface area contributed by atoms with Gasteiger partial charge in [0, 0.05) is 0 Å². The number of carbonyl (C=O) groups excluding carboxylic acids is 1. The molecular weight excluding hydrogens is 304 g/mol. The van der Waals surface area contributed by atoms with Crippen LogP contribution in [0.2, 0.25) is 0 Å². The number of hydrogen-bond acceptors (Lipinski definition) is 3. The molecule has 0 aromatic rings. The lowest BCUT2D eigenvalue weighted by atomic mass is 9.67. The van der Waals surface area contributed by atoms with Crippen LogP contribution in [0.1, 0.15) is 84.0 Å². The molecule has 0 aromatic carbocycles. The van der Waals surface area contributed by atoms with E-state index in [0.29, 0.717) is 6.61 Å². The maximum Gasteiger partial charge on any atom is 0.310 e. The molecule has 4 nitrogen and oxygen atoms in total. The first kappa shape index (κ1) is 19.3. The van der Waals surface area contributed by atoms with Gasteiger partial charge in [0.05, 0.1) is 18.4 Å².